The summed E-state index contributed by atoms with van der Waals surface area (Å²) in [4.78, 5) is 4.95. The normalized spacial score (nSPS) is 11.9. The Bertz CT molecular complexity index is 4290. The average Bonchev–Trinajstić information content (AvgIpc) is 4.08. The summed E-state index contributed by atoms with van der Waals surface area (Å²) < 4.78 is 7.28. The highest BCUT2D eigenvalue weighted by molar-refractivity contribution is 6.22. The first kappa shape index (κ1) is 39.5. The number of para-hydroxylation sites is 6. The Morgan fingerprint density at radius 1 is 0.211 bits per heavy atom. The molecule has 0 unspecified atom stereocenters. The molecule has 0 spiro atoms. The Labute approximate surface area is 409 Å². The number of pyridine rings is 1. The maximum absolute atomic E-state index is 4.95. The second-order valence-corrected chi connectivity index (χ2v) is 18.7. The molecule has 4 heteroatoms. The molecule has 330 valence electrons. The van der Waals surface area contributed by atoms with Crippen LogP contribution in [0.2, 0.25) is 0 Å². The van der Waals surface area contributed by atoms with E-state index in [4.69, 9.17) is 4.98 Å². The van der Waals surface area contributed by atoms with E-state index in [0.717, 1.165) is 39.3 Å². The Kier molecular flexibility index (Phi) is 8.62. The van der Waals surface area contributed by atoms with Gasteiger partial charge in [0, 0.05) is 72.9 Å². The van der Waals surface area contributed by atoms with Crippen LogP contribution in [0.15, 0.2) is 255 Å². The van der Waals surface area contributed by atoms with Crippen molar-refractivity contribution in [3.05, 3.63) is 255 Å². The van der Waals surface area contributed by atoms with Gasteiger partial charge in [-0.05, 0) is 117 Å². The van der Waals surface area contributed by atoms with E-state index in [1.807, 2.05) is 12.4 Å². The molecule has 0 saturated heterocycles. The molecule has 0 atom stereocenters. The lowest BCUT2D eigenvalue weighted by atomic mass is 9.85. The molecular formula is C67H42N4. The molecule has 4 nitrogen and oxygen atoms in total. The van der Waals surface area contributed by atoms with Crippen LogP contribution in [0.5, 0.6) is 0 Å². The molecule has 71 heavy (non-hydrogen) atoms. The van der Waals surface area contributed by atoms with Gasteiger partial charge in [-0.25, -0.2) is 0 Å². The van der Waals surface area contributed by atoms with E-state index in [9.17, 15) is 0 Å². The van der Waals surface area contributed by atoms with Gasteiger partial charge in [-0.15, -0.1) is 0 Å². The van der Waals surface area contributed by atoms with Crippen LogP contribution in [-0.4, -0.2) is 18.7 Å². The van der Waals surface area contributed by atoms with Gasteiger partial charge in [0.05, 0.1) is 33.1 Å². The van der Waals surface area contributed by atoms with Crippen LogP contribution >= 0.6 is 0 Å². The average molecular weight is 903 g/mol. The van der Waals surface area contributed by atoms with Crippen molar-refractivity contribution >= 4 is 87.0 Å². The summed E-state index contributed by atoms with van der Waals surface area (Å²) >= 11 is 0. The molecule has 4 heterocycles. The number of hydrogen-bond acceptors (Lipinski definition) is 1. The van der Waals surface area contributed by atoms with E-state index in [2.05, 4.69) is 256 Å². The standard InChI is InChI=1S/C67H42N4/c1-3-25-58-56(23-1)66(44-38-48(70-62-29-13-7-19-52(62)53-20-8-14-30-63(53)70)40-49(39-44)71-64-31-15-9-21-54(64)55-22-10-16-32-65(55)71)57-24-2-4-26-59(57)67(58)46-37-45(41-68-42-46)43-33-35-47(36-34-43)69-60-27-11-5-17-50(60)51-18-6-12-28-61(51)69/h1-42H. The smallest absolute Gasteiger partial charge is 0.0541 e. The minimum absolute atomic E-state index is 1.07. The van der Waals surface area contributed by atoms with Gasteiger partial charge in [-0.2, -0.15) is 0 Å². The summed E-state index contributed by atoms with van der Waals surface area (Å²) in [6.45, 7) is 0. The van der Waals surface area contributed by atoms with Gasteiger partial charge in [-0.3, -0.25) is 4.98 Å². The van der Waals surface area contributed by atoms with Crippen molar-refractivity contribution in [1.29, 1.82) is 0 Å². The SMILES string of the molecule is c1ccc2c(-c3cc(-n4c5ccccc5c5ccccc54)cc(-n4c5ccccc5c5ccccc54)c3)c3ccccc3c(-c3cncc(-c4ccc(-n5c6ccccc6c6ccccc65)cc4)c3)c2c1. The largest absolute Gasteiger partial charge is 0.309 e. The summed E-state index contributed by atoms with van der Waals surface area (Å²) in [6, 6.07) is 88.9. The van der Waals surface area contributed by atoms with Crippen molar-refractivity contribution in [3.63, 3.8) is 0 Å². The predicted octanol–water partition coefficient (Wildman–Crippen LogP) is 17.7. The summed E-state index contributed by atoms with van der Waals surface area (Å²) in [5.41, 5.74) is 17.3. The molecule has 0 fully saturated rings. The lowest BCUT2D eigenvalue weighted by Gasteiger charge is -2.20. The number of nitrogens with zero attached hydrogens (tertiary/aromatic N) is 4. The van der Waals surface area contributed by atoms with E-state index in [1.54, 1.807) is 0 Å². The number of rotatable bonds is 6. The lowest BCUT2D eigenvalue weighted by Crippen LogP contribution is -2.01. The minimum Gasteiger partial charge on any atom is -0.309 e. The molecule has 0 aliphatic carbocycles. The van der Waals surface area contributed by atoms with Crippen molar-refractivity contribution in [2.24, 2.45) is 0 Å². The van der Waals surface area contributed by atoms with E-state index >= 15 is 0 Å². The lowest BCUT2D eigenvalue weighted by molar-refractivity contribution is 1.14. The zero-order chi connectivity index (χ0) is 46.6. The summed E-state index contributed by atoms with van der Waals surface area (Å²) in [5, 5.41) is 12.2. The summed E-state index contributed by atoms with van der Waals surface area (Å²) in [5.74, 6) is 0. The van der Waals surface area contributed by atoms with Crippen molar-refractivity contribution in [1.82, 2.24) is 18.7 Å². The van der Waals surface area contributed by atoms with Gasteiger partial charge < -0.3 is 13.7 Å². The van der Waals surface area contributed by atoms with Crippen molar-refractivity contribution in [2.45, 2.75) is 0 Å². The van der Waals surface area contributed by atoms with Crippen molar-refractivity contribution < 1.29 is 0 Å². The van der Waals surface area contributed by atoms with E-state index in [-0.39, 0.29) is 0 Å². The topological polar surface area (TPSA) is 27.7 Å². The second kappa shape index (κ2) is 15.5. The van der Waals surface area contributed by atoms with Gasteiger partial charge in [0.1, 0.15) is 0 Å². The van der Waals surface area contributed by atoms with Gasteiger partial charge in [-0.1, -0.05) is 170 Å². The second-order valence-electron chi connectivity index (χ2n) is 18.7. The summed E-state index contributed by atoms with van der Waals surface area (Å²) in [6.07, 6.45) is 4.03. The third-order valence-corrected chi connectivity index (χ3v) is 14.9. The highest BCUT2D eigenvalue weighted by Gasteiger charge is 2.22. The highest BCUT2D eigenvalue weighted by atomic mass is 15.0. The molecule has 15 rings (SSSR count). The zero-order valence-electron chi connectivity index (χ0n) is 38.5. The van der Waals surface area contributed by atoms with Crippen LogP contribution in [0.4, 0.5) is 0 Å². The van der Waals surface area contributed by atoms with Crippen LogP contribution in [0.25, 0.3) is 137 Å². The monoisotopic (exact) mass is 902 g/mol. The first-order valence-electron chi connectivity index (χ1n) is 24.4. The third-order valence-electron chi connectivity index (χ3n) is 14.9. The molecule has 0 aliphatic rings. The fourth-order valence-corrected chi connectivity index (χ4v) is 11.9. The molecule has 0 bridgehead atoms. The maximum Gasteiger partial charge on any atom is 0.0541 e. The molecular weight excluding hydrogens is 861 g/mol. The van der Waals surface area contributed by atoms with Crippen LogP contribution < -0.4 is 0 Å². The van der Waals surface area contributed by atoms with E-state index in [0.29, 0.717) is 0 Å². The van der Waals surface area contributed by atoms with Crippen LogP contribution in [0.3, 0.4) is 0 Å². The Morgan fingerprint density at radius 2 is 0.507 bits per heavy atom. The fourth-order valence-electron chi connectivity index (χ4n) is 11.9. The molecule has 0 radical (unpaired) electrons. The van der Waals surface area contributed by atoms with Gasteiger partial charge in [0.2, 0.25) is 0 Å². The first-order valence-corrected chi connectivity index (χ1v) is 24.4. The Balaban J connectivity index is 0.944. The minimum atomic E-state index is 1.07. The van der Waals surface area contributed by atoms with Crippen LogP contribution in [0.1, 0.15) is 0 Å². The number of hydrogen-bond donors (Lipinski definition) is 0. The fraction of sp³-hybridized carbons (Fsp3) is 0. The Morgan fingerprint density at radius 3 is 0.873 bits per heavy atom. The highest BCUT2D eigenvalue weighted by Crippen LogP contribution is 2.46. The van der Waals surface area contributed by atoms with Crippen LogP contribution in [0, 0.1) is 0 Å². The zero-order valence-corrected chi connectivity index (χ0v) is 38.5. The number of fused-ring (bicyclic) bond motifs is 11. The number of aromatic nitrogens is 4. The molecule has 0 amide bonds. The van der Waals surface area contributed by atoms with E-state index in [1.165, 1.54) is 98.1 Å². The molecule has 0 N–H and O–H groups in total. The third kappa shape index (κ3) is 5.95. The van der Waals surface area contributed by atoms with Gasteiger partial charge in [0.25, 0.3) is 0 Å². The van der Waals surface area contributed by atoms with Crippen LogP contribution in [-0.2, 0) is 0 Å². The maximum atomic E-state index is 4.95. The van der Waals surface area contributed by atoms with E-state index < -0.39 is 0 Å². The molecule has 15 aromatic rings. The quantitative estimate of drug-likeness (QED) is 0.153. The van der Waals surface area contributed by atoms with Gasteiger partial charge >= 0.3 is 0 Å². The predicted molar refractivity (Wildman–Crippen MR) is 299 cm³/mol. The summed E-state index contributed by atoms with van der Waals surface area (Å²) in [7, 11) is 0. The van der Waals surface area contributed by atoms with Gasteiger partial charge in [0.15, 0.2) is 0 Å². The number of benzene rings is 11. The molecule has 0 saturated carbocycles. The molecule has 4 aromatic heterocycles. The Hall–Kier alpha value is -9.51. The van der Waals surface area contributed by atoms with Crippen molar-refractivity contribution in [3.8, 4) is 50.4 Å². The van der Waals surface area contributed by atoms with Crippen molar-refractivity contribution in [2.75, 3.05) is 0 Å². The first-order chi connectivity index (χ1) is 35.2. The molecule has 0 aliphatic heterocycles. The molecule has 11 aromatic carbocycles.